The molecular formula is C13H19NO3. The summed E-state index contributed by atoms with van der Waals surface area (Å²) in [4.78, 5) is 11.5. The lowest BCUT2D eigenvalue weighted by Crippen LogP contribution is -2.28. The largest absolute Gasteiger partial charge is 0.496 e. The maximum Gasteiger partial charge on any atom is 0.224 e. The van der Waals surface area contributed by atoms with Crippen LogP contribution in [0, 0.1) is 13.8 Å². The number of carbonyl (C=O) groups excluding carboxylic acids is 1. The van der Waals surface area contributed by atoms with Crippen LogP contribution in [0.25, 0.3) is 0 Å². The first-order valence-corrected chi connectivity index (χ1v) is 5.60. The van der Waals surface area contributed by atoms with Crippen molar-refractivity contribution in [2.75, 3.05) is 20.3 Å². The van der Waals surface area contributed by atoms with Gasteiger partial charge in [-0.3, -0.25) is 4.79 Å². The zero-order valence-electron chi connectivity index (χ0n) is 10.5. The Morgan fingerprint density at radius 1 is 1.35 bits per heavy atom. The van der Waals surface area contributed by atoms with Gasteiger partial charge in [-0.15, -0.1) is 0 Å². The first-order valence-electron chi connectivity index (χ1n) is 5.60. The van der Waals surface area contributed by atoms with Crippen LogP contribution < -0.4 is 10.1 Å². The first-order chi connectivity index (χ1) is 8.10. The lowest BCUT2D eigenvalue weighted by atomic mass is 10.00. The minimum atomic E-state index is -0.0771. The van der Waals surface area contributed by atoms with Crippen molar-refractivity contribution in [3.05, 3.63) is 28.8 Å². The smallest absolute Gasteiger partial charge is 0.224 e. The number of ether oxygens (including phenoxy) is 1. The fourth-order valence-electron chi connectivity index (χ4n) is 1.70. The van der Waals surface area contributed by atoms with Gasteiger partial charge in [0.1, 0.15) is 5.75 Å². The number of rotatable bonds is 5. The number of methoxy groups -OCH3 is 1. The summed E-state index contributed by atoms with van der Waals surface area (Å²) in [5, 5.41) is 11.3. The molecule has 0 saturated carbocycles. The van der Waals surface area contributed by atoms with E-state index in [2.05, 4.69) is 5.32 Å². The lowest BCUT2D eigenvalue weighted by molar-refractivity contribution is -0.120. The van der Waals surface area contributed by atoms with Crippen LogP contribution in [0.2, 0.25) is 0 Å². The third kappa shape index (κ3) is 3.46. The van der Waals surface area contributed by atoms with Gasteiger partial charge in [0.15, 0.2) is 0 Å². The van der Waals surface area contributed by atoms with Gasteiger partial charge >= 0.3 is 0 Å². The average molecular weight is 237 g/mol. The fourth-order valence-corrected chi connectivity index (χ4v) is 1.70. The second kappa shape index (κ2) is 6.25. The maximum atomic E-state index is 11.5. The summed E-state index contributed by atoms with van der Waals surface area (Å²) in [5.74, 6) is 0.758. The SMILES string of the molecule is COc1ccc(CC(=O)NCCO)c(C)c1C. The molecule has 0 radical (unpaired) electrons. The monoisotopic (exact) mass is 237 g/mol. The Bertz CT molecular complexity index is 402. The van der Waals surface area contributed by atoms with Crippen LogP contribution in [0.3, 0.4) is 0 Å². The first kappa shape index (κ1) is 13.5. The van der Waals surface area contributed by atoms with E-state index in [4.69, 9.17) is 9.84 Å². The number of aliphatic hydroxyl groups excluding tert-OH is 1. The van der Waals surface area contributed by atoms with Gasteiger partial charge in [0, 0.05) is 6.54 Å². The molecule has 0 unspecified atom stereocenters. The van der Waals surface area contributed by atoms with Gasteiger partial charge < -0.3 is 15.2 Å². The average Bonchev–Trinajstić information content (AvgIpc) is 2.33. The predicted octanol–water partition coefficient (Wildman–Crippen LogP) is 0.963. The summed E-state index contributed by atoms with van der Waals surface area (Å²) >= 11 is 0. The molecule has 0 aliphatic rings. The molecule has 0 atom stereocenters. The molecule has 2 N–H and O–H groups in total. The topological polar surface area (TPSA) is 58.6 Å². The third-order valence-corrected chi connectivity index (χ3v) is 2.85. The molecular weight excluding hydrogens is 218 g/mol. The molecule has 0 aromatic heterocycles. The number of benzene rings is 1. The minimum absolute atomic E-state index is 0.0354. The Morgan fingerprint density at radius 3 is 2.65 bits per heavy atom. The molecule has 0 bridgehead atoms. The number of hydrogen-bond acceptors (Lipinski definition) is 3. The highest BCUT2D eigenvalue weighted by Crippen LogP contribution is 2.24. The molecule has 0 aliphatic carbocycles. The summed E-state index contributed by atoms with van der Waals surface area (Å²) in [7, 11) is 1.63. The molecule has 1 rings (SSSR count). The minimum Gasteiger partial charge on any atom is -0.496 e. The van der Waals surface area contributed by atoms with Crippen LogP contribution in [0.15, 0.2) is 12.1 Å². The lowest BCUT2D eigenvalue weighted by Gasteiger charge is -2.12. The normalized spacial score (nSPS) is 10.1. The summed E-state index contributed by atoms with van der Waals surface area (Å²) < 4.78 is 5.22. The molecule has 94 valence electrons. The number of carbonyl (C=O) groups is 1. The Kier molecular flexibility index (Phi) is 4.97. The Labute approximate surface area is 102 Å². The standard InChI is InChI=1S/C13H19NO3/c1-9-10(2)12(17-3)5-4-11(9)8-13(16)14-6-7-15/h4-5,15H,6-8H2,1-3H3,(H,14,16). The van der Waals surface area contributed by atoms with E-state index in [0.717, 1.165) is 22.4 Å². The molecule has 17 heavy (non-hydrogen) atoms. The quantitative estimate of drug-likeness (QED) is 0.802. The van der Waals surface area contributed by atoms with Crippen molar-refractivity contribution in [3.63, 3.8) is 0 Å². The molecule has 0 spiro atoms. The zero-order chi connectivity index (χ0) is 12.8. The van der Waals surface area contributed by atoms with Crippen LogP contribution in [0.1, 0.15) is 16.7 Å². The van der Waals surface area contributed by atoms with E-state index in [1.807, 2.05) is 26.0 Å². The van der Waals surface area contributed by atoms with E-state index < -0.39 is 0 Å². The number of nitrogens with one attached hydrogen (secondary N) is 1. The highest BCUT2D eigenvalue weighted by Gasteiger charge is 2.09. The number of hydrogen-bond donors (Lipinski definition) is 2. The van der Waals surface area contributed by atoms with Gasteiger partial charge in [-0.2, -0.15) is 0 Å². The summed E-state index contributed by atoms with van der Waals surface area (Å²) in [6, 6.07) is 3.77. The molecule has 0 saturated heterocycles. The highest BCUT2D eigenvalue weighted by atomic mass is 16.5. The van der Waals surface area contributed by atoms with Gasteiger partial charge in [0.25, 0.3) is 0 Å². The number of amides is 1. The zero-order valence-corrected chi connectivity index (χ0v) is 10.5. The molecule has 1 aromatic carbocycles. The molecule has 0 heterocycles. The van der Waals surface area contributed by atoms with E-state index in [9.17, 15) is 4.79 Å². The highest BCUT2D eigenvalue weighted by molar-refractivity contribution is 5.79. The van der Waals surface area contributed by atoms with Gasteiger partial charge in [-0.25, -0.2) is 0 Å². The van der Waals surface area contributed by atoms with E-state index in [1.54, 1.807) is 7.11 Å². The van der Waals surface area contributed by atoms with Crippen molar-refractivity contribution < 1.29 is 14.6 Å². The second-order valence-corrected chi connectivity index (χ2v) is 3.93. The van der Waals surface area contributed by atoms with Gasteiger partial charge in [0.05, 0.1) is 20.1 Å². The van der Waals surface area contributed by atoms with Crippen LogP contribution in [0.4, 0.5) is 0 Å². The van der Waals surface area contributed by atoms with Crippen LogP contribution >= 0.6 is 0 Å². The van der Waals surface area contributed by atoms with Gasteiger partial charge in [-0.05, 0) is 36.6 Å². The molecule has 0 aliphatic heterocycles. The molecule has 1 amide bonds. The van der Waals surface area contributed by atoms with Crippen molar-refractivity contribution in [2.24, 2.45) is 0 Å². The summed E-state index contributed by atoms with van der Waals surface area (Å²) in [6.07, 6.45) is 0.330. The van der Waals surface area contributed by atoms with E-state index >= 15 is 0 Å². The second-order valence-electron chi connectivity index (χ2n) is 3.93. The number of aliphatic hydroxyl groups is 1. The Balaban J connectivity index is 2.79. The summed E-state index contributed by atoms with van der Waals surface area (Å²) in [5.41, 5.74) is 3.11. The fraction of sp³-hybridized carbons (Fsp3) is 0.462. The van der Waals surface area contributed by atoms with E-state index in [-0.39, 0.29) is 12.5 Å². The summed E-state index contributed by atoms with van der Waals surface area (Å²) in [6.45, 7) is 4.22. The van der Waals surface area contributed by atoms with Crippen molar-refractivity contribution in [3.8, 4) is 5.75 Å². The Morgan fingerprint density at radius 2 is 2.06 bits per heavy atom. The van der Waals surface area contributed by atoms with Crippen molar-refractivity contribution in [2.45, 2.75) is 20.3 Å². The van der Waals surface area contributed by atoms with E-state index in [0.29, 0.717) is 13.0 Å². The van der Waals surface area contributed by atoms with Crippen LogP contribution in [-0.4, -0.2) is 31.3 Å². The molecule has 4 nitrogen and oxygen atoms in total. The molecule has 1 aromatic rings. The van der Waals surface area contributed by atoms with Crippen LogP contribution in [-0.2, 0) is 11.2 Å². The predicted molar refractivity (Wildman–Crippen MR) is 66.3 cm³/mol. The molecule has 0 fully saturated rings. The third-order valence-electron chi connectivity index (χ3n) is 2.85. The van der Waals surface area contributed by atoms with Gasteiger partial charge in [-0.1, -0.05) is 6.07 Å². The Hall–Kier alpha value is -1.55. The van der Waals surface area contributed by atoms with E-state index in [1.165, 1.54) is 0 Å². The van der Waals surface area contributed by atoms with Gasteiger partial charge in [0.2, 0.25) is 5.91 Å². The van der Waals surface area contributed by atoms with Crippen molar-refractivity contribution in [1.82, 2.24) is 5.32 Å². The van der Waals surface area contributed by atoms with Crippen LogP contribution in [0.5, 0.6) is 5.75 Å². The maximum absolute atomic E-state index is 11.5. The van der Waals surface area contributed by atoms with Crippen molar-refractivity contribution >= 4 is 5.91 Å². The molecule has 4 heteroatoms. The van der Waals surface area contributed by atoms with Crippen molar-refractivity contribution in [1.29, 1.82) is 0 Å².